The van der Waals surface area contributed by atoms with E-state index in [-0.39, 0.29) is 0 Å². The van der Waals surface area contributed by atoms with Crippen molar-refractivity contribution in [1.29, 1.82) is 0 Å². The molecule has 1 aromatic rings. The van der Waals surface area contributed by atoms with Crippen LogP contribution >= 0.6 is 0 Å². The summed E-state index contributed by atoms with van der Waals surface area (Å²) in [5, 5.41) is 3.59. The van der Waals surface area contributed by atoms with Crippen LogP contribution in [0.3, 0.4) is 0 Å². The van der Waals surface area contributed by atoms with Gasteiger partial charge in [0.2, 0.25) is 0 Å². The quantitative estimate of drug-likeness (QED) is 0.766. The predicted octanol–water partition coefficient (Wildman–Crippen LogP) is 2.18. The van der Waals surface area contributed by atoms with E-state index in [4.69, 9.17) is 0 Å². The van der Waals surface area contributed by atoms with Crippen LogP contribution in [0.5, 0.6) is 0 Å². The Hall–Kier alpha value is -1.09. The molecule has 15 heavy (non-hydrogen) atoms. The van der Waals surface area contributed by atoms with Gasteiger partial charge in [0.1, 0.15) is 5.82 Å². The molecule has 2 unspecified atom stereocenters. The minimum atomic E-state index is 0.317. The molecular formula is C12H19N3. The smallest absolute Gasteiger partial charge is 0.125 e. The number of aryl methyl sites for hydroxylation is 1. The summed E-state index contributed by atoms with van der Waals surface area (Å²) in [6, 6.07) is 0.836. The highest BCUT2D eigenvalue weighted by atomic mass is 15.1. The zero-order valence-electron chi connectivity index (χ0n) is 9.48. The first-order chi connectivity index (χ1) is 7.27. The third-order valence-corrected chi connectivity index (χ3v) is 2.96. The van der Waals surface area contributed by atoms with Gasteiger partial charge >= 0.3 is 0 Å². The normalized spacial score (nSPS) is 22.9. The highest BCUT2D eigenvalue weighted by molar-refractivity contribution is 5.03. The summed E-state index contributed by atoms with van der Waals surface area (Å²) in [5.74, 6) is 1.11. The first-order valence-corrected chi connectivity index (χ1v) is 5.67. The maximum atomic E-state index is 4.36. The van der Waals surface area contributed by atoms with Gasteiger partial charge in [0.15, 0.2) is 0 Å². The molecule has 82 valence electrons. The lowest BCUT2D eigenvalue weighted by atomic mass is 10.0. The number of allylic oxidation sites excluding steroid dienone is 1. The third-order valence-electron chi connectivity index (χ3n) is 2.96. The molecule has 1 aromatic heterocycles. The van der Waals surface area contributed by atoms with Crippen LogP contribution in [-0.4, -0.2) is 15.6 Å². The van der Waals surface area contributed by atoms with Gasteiger partial charge in [-0.2, -0.15) is 0 Å². The van der Waals surface area contributed by atoms with Crippen molar-refractivity contribution in [3.05, 3.63) is 30.4 Å². The van der Waals surface area contributed by atoms with Crippen molar-refractivity contribution in [2.45, 2.75) is 38.3 Å². The van der Waals surface area contributed by atoms with Crippen LogP contribution in [0.15, 0.2) is 24.5 Å². The van der Waals surface area contributed by atoms with Gasteiger partial charge in [0.25, 0.3) is 0 Å². The first kappa shape index (κ1) is 10.4. The summed E-state index contributed by atoms with van der Waals surface area (Å²) in [7, 11) is 2.04. The number of rotatable bonds is 3. The second-order valence-corrected chi connectivity index (χ2v) is 4.25. The molecule has 3 nitrogen and oxygen atoms in total. The number of hydrogen-bond donors (Lipinski definition) is 1. The van der Waals surface area contributed by atoms with E-state index in [0.29, 0.717) is 12.1 Å². The summed E-state index contributed by atoms with van der Waals surface area (Å²) in [6.45, 7) is 2.17. The Morgan fingerprint density at radius 2 is 2.47 bits per heavy atom. The molecule has 1 aliphatic carbocycles. The van der Waals surface area contributed by atoms with Crippen LogP contribution in [-0.2, 0) is 7.05 Å². The second kappa shape index (κ2) is 4.62. The molecule has 0 aromatic carbocycles. The highest BCUT2D eigenvalue weighted by Gasteiger charge is 2.15. The van der Waals surface area contributed by atoms with E-state index in [2.05, 4.69) is 33.9 Å². The molecular weight excluding hydrogens is 186 g/mol. The van der Waals surface area contributed by atoms with Crippen LogP contribution in [0.1, 0.15) is 38.1 Å². The second-order valence-electron chi connectivity index (χ2n) is 4.25. The van der Waals surface area contributed by atoms with E-state index >= 15 is 0 Å². The Labute approximate surface area is 91.2 Å². The monoisotopic (exact) mass is 205 g/mol. The topological polar surface area (TPSA) is 29.9 Å². The fourth-order valence-corrected chi connectivity index (χ4v) is 2.14. The lowest BCUT2D eigenvalue weighted by molar-refractivity contribution is 0.447. The molecule has 1 N–H and O–H groups in total. The summed E-state index contributed by atoms with van der Waals surface area (Å²) in [4.78, 5) is 4.36. The molecule has 0 spiro atoms. The van der Waals surface area contributed by atoms with Crippen LogP contribution in [0.2, 0.25) is 0 Å². The zero-order valence-corrected chi connectivity index (χ0v) is 9.48. The van der Waals surface area contributed by atoms with Crippen molar-refractivity contribution in [2.75, 3.05) is 0 Å². The predicted molar refractivity (Wildman–Crippen MR) is 61.5 cm³/mol. The van der Waals surface area contributed by atoms with Gasteiger partial charge < -0.3 is 9.88 Å². The van der Waals surface area contributed by atoms with Crippen LogP contribution in [0.25, 0.3) is 0 Å². The van der Waals surface area contributed by atoms with Crippen molar-refractivity contribution in [1.82, 2.24) is 14.9 Å². The SMILES string of the molecule is CC(NC1C=CCCC1)c1nccn1C. The van der Waals surface area contributed by atoms with Crippen molar-refractivity contribution in [3.8, 4) is 0 Å². The summed E-state index contributed by atoms with van der Waals surface area (Å²) >= 11 is 0. The van der Waals surface area contributed by atoms with E-state index in [1.54, 1.807) is 0 Å². The summed E-state index contributed by atoms with van der Waals surface area (Å²) in [5.41, 5.74) is 0. The molecule has 1 heterocycles. The maximum Gasteiger partial charge on any atom is 0.125 e. The van der Waals surface area contributed by atoms with Gasteiger partial charge in [-0.1, -0.05) is 12.2 Å². The largest absolute Gasteiger partial charge is 0.337 e. The van der Waals surface area contributed by atoms with Crippen LogP contribution in [0.4, 0.5) is 0 Å². The third kappa shape index (κ3) is 2.48. The highest BCUT2D eigenvalue weighted by Crippen LogP contribution is 2.15. The van der Waals surface area contributed by atoms with E-state index in [9.17, 15) is 0 Å². The zero-order chi connectivity index (χ0) is 10.7. The molecule has 2 atom stereocenters. The summed E-state index contributed by atoms with van der Waals surface area (Å²) < 4.78 is 2.07. The average molecular weight is 205 g/mol. The van der Waals surface area contributed by atoms with E-state index in [1.165, 1.54) is 19.3 Å². The van der Waals surface area contributed by atoms with Gasteiger partial charge in [0.05, 0.1) is 6.04 Å². The first-order valence-electron chi connectivity index (χ1n) is 5.67. The van der Waals surface area contributed by atoms with E-state index < -0.39 is 0 Å². The average Bonchev–Trinajstić information content (AvgIpc) is 2.66. The number of imidazole rings is 1. The minimum absolute atomic E-state index is 0.317. The molecule has 0 saturated carbocycles. The minimum Gasteiger partial charge on any atom is -0.337 e. The van der Waals surface area contributed by atoms with Crippen molar-refractivity contribution >= 4 is 0 Å². The molecule has 1 aliphatic rings. The Morgan fingerprint density at radius 1 is 1.60 bits per heavy atom. The molecule has 0 amide bonds. The molecule has 0 radical (unpaired) electrons. The van der Waals surface area contributed by atoms with E-state index in [0.717, 1.165) is 5.82 Å². The Bertz CT molecular complexity index is 340. The molecule has 0 aliphatic heterocycles. The van der Waals surface area contributed by atoms with E-state index in [1.807, 2.05) is 19.4 Å². The van der Waals surface area contributed by atoms with Gasteiger partial charge in [0, 0.05) is 25.5 Å². The Kier molecular flexibility index (Phi) is 3.21. The van der Waals surface area contributed by atoms with Gasteiger partial charge in [-0.15, -0.1) is 0 Å². The van der Waals surface area contributed by atoms with Crippen LogP contribution in [0, 0.1) is 0 Å². The lowest BCUT2D eigenvalue weighted by Crippen LogP contribution is -2.32. The van der Waals surface area contributed by atoms with Crippen molar-refractivity contribution < 1.29 is 0 Å². The standard InChI is InChI=1S/C12H19N3/c1-10(12-13-8-9-15(12)2)14-11-6-4-3-5-7-11/h4,6,8-11,14H,3,5,7H2,1-2H3. The Balaban J connectivity index is 1.97. The number of aromatic nitrogens is 2. The molecule has 2 rings (SSSR count). The van der Waals surface area contributed by atoms with Crippen molar-refractivity contribution in [3.63, 3.8) is 0 Å². The molecule has 0 saturated heterocycles. The number of nitrogens with zero attached hydrogens (tertiary/aromatic N) is 2. The fraction of sp³-hybridized carbons (Fsp3) is 0.583. The number of hydrogen-bond acceptors (Lipinski definition) is 2. The fourth-order valence-electron chi connectivity index (χ4n) is 2.14. The van der Waals surface area contributed by atoms with Gasteiger partial charge in [-0.05, 0) is 26.2 Å². The molecule has 0 fully saturated rings. The summed E-state index contributed by atoms with van der Waals surface area (Å²) in [6.07, 6.45) is 12.2. The van der Waals surface area contributed by atoms with Gasteiger partial charge in [-0.3, -0.25) is 0 Å². The molecule has 0 bridgehead atoms. The molecule has 3 heteroatoms. The number of nitrogens with one attached hydrogen (secondary N) is 1. The maximum absolute atomic E-state index is 4.36. The Morgan fingerprint density at radius 3 is 3.07 bits per heavy atom. The van der Waals surface area contributed by atoms with Crippen LogP contribution < -0.4 is 5.32 Å². The van der Waals surface area contributed by atoms with Gasteiger partial charge in [-0.25, -0.2) is 4.98 Å². The lowest BCUT2D eigenvalue weighted by Gasteiger charge is -2.22. The van der Waals surface area contributed by atoms with Crippen molar-refractivity contribution in [2.24, 2.45) is 7.05 Å².